The van der Waals surface area contributed by atoms with Gasteiger partial charge in [0.2, 0.25) is 0 Å². The molecule has 0 atom stereocenters. The van der Waals surface area contributed by atoms with Crippen LogP contribution < -0.4 is 10.1 Å². The second-order valence-corrected chi connectivity index (χ2v) is 4.72. The third-order valence-electron chi connectivity index (χ3n) is 2.58. The van der Waals surface area contributed by atoms with Crippen LogP contribution in [0, 0.1) is 0 Å². The van der Waals surface area contributed by atoms with Gasteiger partial charge < -0.3 is 15.2 Å². The zero-order valence-corrected chi connectivity index (χ0v) is 11.6. The summed E-state index contributed by atoms with van der Waals surface area (Å²) in [4.78, 5) is 0. The summed E-state index contributed by atoms with van der Waals surface area (Å²) in [5.41, 5.74) is 2.12. The van der Waals surface area contributed by atoms with Crippen molar-refractivity contribution in [3.05, 3.63) is 52.5 Å². The fraction of sp³-hybridized carbons (Fsp3) is 0.143. The van der Waals surface area contributed by atoms with Crippen molar-refractivity contribution in [2.24, 2.45) is 0 Å². The van der Waals surface area contributed by atoms with E-state index in [1.54, 1.807) is 19.2 Å². The number of rotatable bonds is 4. The summed E-state index contributed by atoms with van der Waals surface area (Å²) in [6.45, 7) is 0.716. The molecule has 0 aliphatic carbocycles. The highest BCUT2D eigenvalue weighted by molar-refractivity contribution is 9.10. The van der Waals surface area contributed by atoms with Crippen molar-refractivity contribution >= 4 is 21.6 Å². The third kappa shape index (κ3) is 3.17. The molecule has 2 aromatic rings. The summed E-state index contributed by atoms with van der Waals surface area (Å²) in [5, 5.41) is 12.5. The molecule has 2 rings (SSSR count). The van der Waals surface area contributed by atoms with Crippen molar-refractivity contribution in [2.75, 3.05) is 12.4 Å². The number of methoxy groups -OCH3 is 1. The van der Waals surface area contributed by atoms with Crippen LogP contribution in [0.4, 0.5) is 5.69 Å². The predicted molar refractivity (Wildman–Crippen MR) is 76.1 cm³/mol. The van der Waals surface area contributed by atoms with E-state index in [9.17, 15) is 5.11 Å². The molecule has 0 aliphatic heterocycles. The van der Waals surface area contributed by atoms with E-state index in [4.69, 9.17) is 4.74 Å². The average Bonchev–Trinajstić information content (AvgIpc) is 2.38. The second-order valence-electron chi connectivity index (χ2n) is 3.87. The molecule has 0 bridgehead atoms. The minimum absolute atomic E-state index is 0.271. The summed E-state index contributed by atoms with van der Waals surface area (Å²) in [6, 6.07) is 13.0. The fourth-order valence-corrected chi connectivity index (χ4v) is 2.19. The van der Waals surface area contributed by atoms with Gasteiger partial charge in [-0.15, -0.1) is 0 Å². The number of phenolic OH excluding ortho intramolecular Hbond substituents is 1. The molecule has 0 saturated carbocycles. The first-order chi connectivity index (χ1) is 8.69. The van der Waals surface area contributed by atoms with Crippen molar-refractivity contribution in [1.82, 2.24) is 0 Å². The Bertz CT molecular complexity index is 526. The molecule has 94 valence electrons. The van der Waals surface area contributed by atoms with E-state index < -0.39 is 0 Å². The first-order valence-corrected chi connectivity index (χ1v) is 6.33. The molecule has 0 aromatic heterocycles. The van der Waals surface area contributed by atoms with Crippen molar-refractivity contribution in [1.29, 1.82) is 0 Å². The molecule has 18 heavy (non-hydrogen) atoms. The van der Waals surface area contributed by atoms with Crippen molar-refractivity contribution in [3.8, 4) is 11.5 Å². The molecule has 0 amide bonds. The van der Waals surface area contributed by atoms with E-state index in [1.807, 2.05) is 30.3 Å². The van der Waals surface area contributed by atoms with E-state index in [0.29, 0.717) is 6.54 Å². The monoisotopic (exact) mass is 307 g/mol. The maximum Gasteiger partial charge on any atom is 0.133 e. The second kappa shape index (κ2) is 5.78. The van der Waals surface area contributed by atoms with Crippen molar-refractivity contribution < 1.29 is 9.84 Å². The molecular weight excluding hydrogens is 294 g/mol. The van der Waals surface area contributed by atoms with E-state index in [0.717, 1.165) is 21.5 Å². The summed E-state index contributed by atoms with van der Waals surface area (Å²) >= 11 is 3.46. The molecule has 0 heterocycles. The van der Waals surface area contributed by atoms with Gasteiger partial charge in [0.25, 0.3) is 0 Å². The number of ether oxygens (including phenoxy) is 1. The molecule has 2 aromatic carbocycles. The number of halogens is 1. The van der Waals surface area contributed by atoms with Gasteiger partial charge >= 0.3 is 0 Å². The number of hydrogen-bond acceptors (Lipinski definition) is 3. The van der Waals surface area contributed by atoms with Crippen molar-refractivity contribution in [2.45, 2.75) is 6.54 Å². The highest BCUT2D eigenvalue weighted by atomic mass is 79.9. The van der Waals surface area contributed by atoms with Crippen LogP contribution in [0.25, 0.3) is 0 Å². The number of benzene rings is 2. The molecule has 2 N–H and O–H groups in total. The Hall–Kier alpha value is -1.68. The van der Waals surface area contributed by atoms with Gasteiger partial charge in [-0.05, 0) is 57.9 Å². The Balaban J connectivity index is 2.02. The molecule has 0 radical (unpaired) electrons. The van der Waals surface area contributed by atoms with Gasteiger partial charge in [-0.3, -0.25) is 0 Å². The predicted octanol–water partition coefficient (Wildman–Crippen LogP) is 3.78. The lowest BCUT2D eigenvalue weighted by Crippen LogP contribution is -1.99. The van der Waals surface area contributed by atoms with Crippen LogP contribution in [0.1, 0.15) is 5.56 Å². The summed E-state index contributed by atoms with van der Waals surface area (Å²) in [7, 11) is 1.65. The van der Waals surface area contributed by atoms with Gasteiger partial charge in [-0.1, -0.05) is 6.07 Å². The molecule has 0 unspecified atom stereocenters. The zero-order valence-electron chi connectivity index (χ0n) is 9.98. The lowest BCUT2D eigenvalue weighted by molar-refractivity contribution is 0.412. The van der Waals surface area contributed by atoms with Gasteiger partial charge in [-0.25, -0.2) is 0 Å². The van der Waals surface area contributed by atoms with E-state index in [1.165, 1.54) is 0 Å². The maximum atomic E-state index is 9.19. The molecule has 0 spiro atoms. The normalized spacial score (nSPS) is 10.1. The topological polar surface area (TPSA) is 41.5 Å². The van der Waals surface area contributed by atoms with Crippen LogP contribution in [0.15, 0.2) is 46.9 Å². The van der Waals surface area contributed by atoms with Crippen LogP contribution >= 0.6 is 15.9 Å². The first kappa shape index (κ1) is 12.8. The van der Waals surface area contributed by atoms with Crippen LogP contribution in [0.5, 0.6) is 11.5 Å². The Morgan fingerprint density at radius 1 is 1.17 bits per heavy atom. The maximum absolute atomic E-state index is 9.19. The lowest BCUT2D eigenvalue weighted by atomic mass is 10.2. The molecule has 0 saturated heterocycles. The average molecular weight is 308 g/mol. The van der Waals surface area contributed by atoms with Gasteiger partial charge in [0.05, 0.1) is 11.6 Å². The van der Waals surface area contributed by atoms with Crippen LogP contribution in [0.3, 0.4) is 0 Å². The zero-order chi connectivity index (χ0) is 13.0. The van der Waals surface area contributed by atoms with Gasteiger partial charge in [0.15, 0.2) is 0 Å². The van der Waals surface area contributed by atoms with E-state index in [2.05, 4.69) is 21.2 Å². The molecule has 0 fully saturated rings. The summed E-state index contributed by atoms with van der Waals surface area (Å²) < 4.78 is 6.12. The molecule has 4 heteroatoms. The van der Waals surface area contributed by atoms with Crippen molar-refractivity contribution in [3.63, 3.8) is 0 Å². The Kier molecular flexibility index (Phi) is 4.10. The van der Waals surface area contributed by atoms with Gasteiger partial charge in [0, 0.05) is 12.2 Å². The number of anilines is 1. The number of nitrogens with one attached hydrogen (secondary N) is 1. The number of aromatic hydroxyl groups is 1. The largest absolute Gasteiger partial charge is 0.508 e. The highest BCUT2D eigenvalue weighted by Gasteiger charge is 2.01. The Morgan fingerprint density at radius 2 is 1.89 bits per heavy atom. The standard InChI is InChI=1S/C14H14BrNO2/c1-18-14-7-2-10(8-13(14)15)9-16-11-3-5-12(17)6-4-11/h2-8,16-17H,9H2,1H3. The van der Waals surface area contributed by atoms with Crippen LogP contribution in [0.2, 0.25) is 0 Å². The smallest absolute Gasteiger partial charge is 0.133 e. The van der Waals surface area contributed by atoms with Crippen LogP contribution in [-0.4, -0.2) is 12.2 Å². The first-order valence-electron chi connectivity index (χ1n) is 5.54. The molecular formula is C14H14BrNO2. The third-order valence-corrected chi connectivity index (χ3v) is 3.20. The Labute approximate surface area is 115 Å². The molecule has 3 nitrogen and oxygen atoms in total. The quantitative estimate of drug-likeness (QED) is 0.845. The number of hydrogen-bond donors (Lipinski definition) is 2. The van der Waals surface area contributed by atoms with Crippen LogP contribution in [-0.2, 0) is 6.54 Å². The fourth-order valence-electron chi connectivity index (χ4n) is 1.60. The number of phenols is 1. The molecule has 0 aliphatic rings. The minimum Gasteiger partial charge on any atom is -0.508 e. The lowest BCUT2D eigenvalue weighted by Gasteiger charge is -2.09. The van der Waals surface area contributed by atoms with Gasteiger partial charge in [0.1, 0.15) is 11.5 Å². The summed E-state index contributed by atoms with van der Waals surface area (Å²) in [5.74, 6) is 1.09. The Morgan fingerprint density at radius 3 is 2.50 bits per heavy atom. The minimum atomic E-state index is 0.271. The SMILES string of the molecule is COc1ccc(CNc2ccc(O)cc2)cc1Br. The van der Waals surface area contributed by atoms with E-state index in [-0.39, 0.29) is 5.75 Å². The summed E-state index contributed by atoms with van der Waals surface area (Å²) in [6.07, 6.45) is 0. The highest BCUT2D eigenvalue weighted by Crippen LogP contribution is 2.26. The van der Waals surface area contributed by atoms with Gasteiger partial charge in [-0.2, -0.15) is 0 Å². The van der Waals surface area contributed by atoms with E-state index >= 15 is 0 Å².